The van der Waals surface area contributed by atoms with Crippen LogP contribution < -0.4 is 15.8 Å². The first-order valence-corrected chi connectivity index (χ1v) is 6.31. The van der Waals surface area contributed by atoms with E-state index >= 15 is 0 Å². The van der Waals surface area contributed by atoms with E-state index in [0.29, 0.717) is 23.5 Å². The van der Waals surface area contributed by atoms with Gasteiger partial charge in [0.25, 0.3) is 5.91 Å². The van der Waals surface area contributed by atoms with Crippen LogP contribution in [0.3, 0.4) is 0 Å². The van der Waals surface area contributed by atoms with Gasteiger partial charge >= 0.3 is 0 Å². The molecule has 0 aliphatic rings. The van der Waals surface area contributed by atoms with E-state index in [9.17, 15) is 4.79 Å². The molecular weight excluding hydrogens is 254 g/mol. The molecule has 0 saturated carbocycles. The van der Waals surface area contributed by atoms with E-state index in [1.807, 2.05) is 12.1 Å². The summed E-state index contributed by atoms with van der Waals surface area (Å²) in [4.78, 5) is 15.9. The van der Waals surface area contributed by atoms with E-state index in [0.717, 1.165) is 12.0 Å². The van der Waals surface area contributed by atoms with E-state index in [2.05, 4.69) is 10.3 Å². The van der Waals surface area contributed by atoms with Crippen LogP contribution >= 0.6 is 0 Å². The standard InChI is InChI=1S/C15H17N3O2/c1-20-14-10-12(2-3-13(14)16)15(19)18-9-6-11-4-7-17-8-5-11/h2-5,7-8,10H,6,9,16H2,1H3,(H,18,19). The fourth-order valence-electron chi connectivity index (χ4n) is 1.82. The average Bonchev–Trinajstić information content (AvgIpc) is 2.48. The minimum absolute atomic E-state index is 0.141. The Morgan fingerprint density at radius 2 is 2.05 bits per heavy atom. The van der Waals surface area contributed by atoms with Crippen LogP contribution in [0.1, 0.15) is 15.9 Å². The highest BCUT2D eigenvalue weighted by molar-refractivity contribution is 5.95. The third-order valence-electron chi connectivity index (χ3n) is 2.94. The van der Waals surface area contributed by atoms with Gasteiger partial charge in [-0.3, -0.25) is 9.78 Å². The maximum atomic E-state index is 12.0. The highest BCUT2D eigenvalue weighted by Crippen LogP contribution is 2.21. The molecule has 5 nitrogen and oxygen atoms in total. The lowest BCUT2D eigenvalue weighted by molar-refractivity contribution is 0.0954. The number of benzene rings is 1. The summed E-state index contributed by atoms with van der Waals surface area (Å²) >= 11 is 0. The number of amides is 1. The predicted molar refractivity (Wildman–Crippen MR) is 77.7 cm³/mol. The van der Waals surface area contributed by atoms with Crippen LogP contribution in [0.4, 0.5) is 5.69 Å². The minimum atomic E-state index is -0.141. The van der Waals surface area contributed by atoms with Crippen molar-refractivity contribution < 1.29 is 9.53 Å². The lowest BCUT2D eigenvalue weighted by atomic mass is 10.1. The second kappa shape index (κ2) is 6.56. The molecule has 0 radical (unpaired) electrons. The number of carbonyl (C=O) groups is 1. The maximum Gasteiger partial charge on any atom is 0.251 e. The number of aromatic nitrogens is 1. The van der Waals surface area contributed by atoms with Crippen LogP contribution in [0.5, 0.6) is 5.75 Å². The first-order chi connectivity index (χ1) is 9.70. The molecule has 3 N–H and O–H groups in total. The number of ether oxygens (including phenoxy) is 1. The van der Waals surface area contributed by atoms with Gasteiger partial charge in [-0.05, 0) is 42.3 Å². The van der Waals surface area contributed by atoms with Crippen molar-refractivity contribution in [1.29, 1.82) is 0 Å². The molecule has 1 aromatic carbocycles. The summed E-state index contributed by atoms with van der Waals surface area (Å²) in [5.41, 5.74) is 7.90. The number of nitrogens with one attached hydrogen (secondary N) is 1. The van der Waals surface area contributed by atoms with Crippen molar-refractivity contribution in [3.8, 4) is 5.75 Å². The smallest absolute Gasteiger partial charge is 0.251 e. The number of methoxy groups -OCH3 is 1. The fraction of sp³-hybridized carbons (Fsp3) is 0.200. The second-order valence-electron chi connectivity index (χ2n) is 4.32. The van der Waals surface area contributed by atoms with Crippen molar-refractivity contribution in [2.45, 2.75) is 6.42 Å². The van der Waals surface area contributed by atoms with Gasteiger partial charge in [0.1, 0.15) is 5.75 Å². The summed E-state index contributed by atoms with van der Waals surface area (Å²) in [5, 5.41) is 2.86. The SMILES string of the molecule is COc1cc(C(=O)NCCc2ccncc2)ccc1N. The zero-order valence-corrected chi connectivity index (χ0v) is 11.3. The van der Waals surface area contributed by atoms with Crippen molar-refractivity contribution >= 4 is 11.6 Å². The molecule has 1 aromatic heterocycles. The lowest BCUT2D eigenvalue weighted by Crippen LogP contribution is -2.25. The Kier molecular flexibility index (Phi) is 4.55. The second-order valence-corrected chi connectivity index (χ2v) is 4.32. The van der Waals surface area contributed by atoms with Crippen LogP contribution in [-0.4, -0.2) is 24.5 Å². The molecule has 0 aliphatic carbocycles. The van der Waals surface area contributed by atoms with Crippen LogP contribution in [0.2, 0.25) is 0 Å². The van der Waals surface area contributed by atoms with E-state index in [1.165, 1.54) is 7.11 Å². The molecule has 104 valence electrons. The molecular formula is C15H17N3O2. The zero-order valence-electron chi connectivity index (χ0n) is 11.3. The minimum Gasteiger partial charge on any atom is -0.495 e. The van der Waals surface area contributed by atoms with Crippen molar-refractivity contribution in [2.75, 3.05) is 19.4 Å². The number of nitrogens with zero attached hydrogens (tertiary/aromatic N) is 1. The molecule has 0 spiro atoms. The molecule has 0 atom stereocenters. The van der Waals surface area contributed by atoms with E-state index < -0.39 is 0 Å². The van der Waals surface area contributed by atoms with Gasteiger partial charge in [-0.1, -0.05) is 0 Å². The quantitative estimate of drug-likeness (QED) is 0.810. The molecule has 1 heterocycles. The number of hydrogen-bond acceptors (Lipinski definition) is 4. The van der Waals surface area contributed by atoms with E-state index in [4.69, 9.17) is 10.5 Å². The monoisotopic (exact) mass is 271 g/mol. The van der Waals surface area contributed by atoms with Gasteiger partial charge in [-0.25, -0.2) is 0 Å². The first-order valence-electron chi connectivity index (χ1n) is 6.31. The number of rotatable bonds is 5. The summed E-state index contributed by atoms with van der Waals surface area (Å²) in [5.74, 6) is 0.365. The van der Waals surface area contributed by atoms with Crippen molar-refractivity contribution in [2.24, 2.45) is 0 Å². The molecule has 0 unspecified atom stereocenters. The van der Waals surface area contributed by atoms with Gasteiger partial charge in [0.2, 0.25) is 0 Å². The molecule has 0 aliphatic heterocycles. The van der Waals surface area contributed by atoms with Gasteiger partial charge in [-0.2, -0.15) is 0 Å². The average molecular weight is 271 g/mol. The summed E-state index contributed by atoms with van der Waals surface area (Å²) in [6.07, 6.45) is 4.24. The lowest BCUT2D eigenvalue weighted by Gasteiger charge is -2.08. The summed E-state index contributed by atoms with van der Waals surface area (Å²) < 4.78 is 5.10. The van der Waals surface area contributed by atoms with Crippen molar-refractivity contribution in [3.05, 3.63) is 53.9 Å². The fourth-order valence-corrected chi connectivity index (χ4v) is 1.82. The van der Waals surface area contributed by atoms with E-state index in [1.54, 1.807) is 30.6 Å². The molecule has 0 fully saturated rings. The molecule has 1 amide bonds. The Morgan fingerprint density at radius 1 is 1.30 bits per heavy atom. The van der Waals surface area contributed by atoms with Gasteiger partial charge in [0, 0.05) is 24.5 Å². The first kappa shape index (κ1) is 13.9. The number of pyridine rings is 1. The zero-order chi connectivity index (χ0) is 14.4. The van der Waals surface area contributed by atoms with Crippen molar-refractivity contribution in [3.63, 3.8) is 0 Å². The predicted octanol–water partition coefficient (Wildman–Crippen LogP) is 1.64. The molecule has 2 rings (SSSR count). The number of nitrogens with two attached hydrogens (primary N) is 1. The maximum absolute atomic E-state index is 12.0. The van der Waals surface area contributed by atoms with Gasteiger partial charge < -0.3 is 15.8 Å². The summed E-state index contributed by atoms with van der Waals surface area (Å²) in [6, 6.07) is 8.84. The topological polar surface area (TPSA) is 77.2 Å². The number of hydrogen-bond donors (Lipinski definition) is 2. The van der Waals surface area contributed by atoms with Crippen molar-refractivity contribution in [1.82, 2.24) is 10.3 Å². The van der Waals surface area contributed by atoms with Gasteiger partial charge in [0.05, 0.1) is 12.8 Å². The molecule has 0 bridgehead atoms. The van der Waals surface area contributed by atoms with Gasteiger partial charge in [0.15, 0.2) is 0 Å². The van der Waals surface area contributed by atoms with Crippen LogP contribution in [0, 0.1) is 0 Å². The largest absolute Gasteiger partial charge is 0.495 e. The number of anilines is 1. The number of nitrogen functional groups attached to an aromatic ring is 1. The molecule has 5 heteroatoms. The molecule has 20 heavy (non-hydrogen) atoms. The Labute approximate surface area is 117 Å². The Balaban J connectivity index is 1.92. The Hall–Kier alpha value is -2.56. The van der Waals surface area contributed by atoms with E-state index in [-0.39, 0.29) is 5.91 Å². The Morgan fingerprint density at radius 3 is 2.75 bits per heavy atom. The van der Waals surface area contributed by atoms with Gasteiger partial charge in [-0.15, -0.1) is 0 Å². The molecule has 0 saturated heterocycles. The highest BCUT2D eigenvalue weighted by Gasteiger charge is 2.08. The normalized spacial score (nSPS) is 10.1. The summed E-state index contributed by atoms with van der Waals surface area (Å²) in [6.45, 7) is 0.565. The van der Waals surface area contributed by atoms with Crippen LogP contribution in [0.25, 0.3) is 0 Å². The third-order valence-corrected chi connectivity index (χ3v) is 2.94. The Bertz CT molecular complexity index is 585. The van der Waals surface area contributed by atoms with Crippen LogP contribution in [0.15, 0.2) is 42.7 Å². The van der Waals surface area contributed by atoms with Crippen LogP contribution in [-0.2, 0) is 6.42 Å². The highest BCUT2D eigenvalue weighted by atomic mass is 16.5. The molecule has 2 aromatic rings. The third kappa shape index (κ3) is 3.47. The number of carbonyl (C=O) groups excluding carboxylic acids is 1. The summed E-state index contributed by atoms with van der Waals surface area (Å²) in [7, 11) is 1.52.